The Morgan fingerprint density at radius 3 is 2.64 bits per heavy atom. The number of fused-ring (bicyclic) bond motifs is 1. The second kappa shape index (κ2) is 6.99. The van der Waals surface area contributed by atoms with E-state index in [1.54, 1.807) is 17.6 Å². The third-order valence-electron chi connectivity index (χ3n) is 5.82. The molecule has 0 unspecified atom stereocenters. The van der Waals surface area contributed by atoms with Crippen molar-refractivity contribution in [2.24, 2.45) is 7.05 Å². The first kappa shape index (κ1) is 17.3. The van der Waals surface area contributed by atoms with Gasteiger partial charge in [0.25, 0.3) is 5.56 Å². The number of hydrogen-bond donors (Lipinski definition) is 0. The van der Waals surface area contributed by atoms with Crippen LogP contribution in [0.25, 0.3) is 5.65 Å². The fourth-order valence-electron chi connectivity index (χ4n) is 4.09. The average Bonchev–Trinajstić information content (AvgIpc) is 3.11. The molecule has 0 saturated carbocycles. The van der Waals surface area contributed by atoms with Crippen LogP contribution in [-0.2, 0) is 13.6 Å². The number of hydrogen-bond acceptors (Lipinski definition) is 7. The number of likely N-dealkylation sites (tertiary alicyclic amines) is 1. The summed E-state index contributed by atoms with van der Waals surface area (Å²) in [7, 11) is 1.73. The molecular formula is C19H24N8O. The molecule has 0 atom stereocenters. The molecular weight excluding hydrogens is 356 g/mol. The zero-order valence-electron chi connectivity index (χ0n) is 16.0. The van der Waals surface area contributed by atoms with Gasteiger partial charge in [0, 0.05) is 70.9 Å². The van der Waals surface area contributed by atoms with Crippen molar-refractivity contribution in [2.75, 3.05) is 44.2 Å². The molecule has 0 radical (unpaired) electrons. The standard InChI is InChI=1S/C19H24N8O/c1-23-6-11-27-17(21-22-18(27)19(23)28)14-24-12-15(13-24)25-7-9-26(10-8-25)16-4-2-3-5-20-16/h2-6,11,15H,7-10,12-14H2,1H3. The lowest BCUT2D eigenvalue weighted by molar-refractivity contribution is 0.0238. The van der Waals surface area contributed by atoms with Gasteiger partial charge in [0.15, 0.2) is 5.82 Å². The maximum atomic E-state index is 12.1. The van der Waals surface area contributed by atoms with Crippen LogP contribution < -0.4 is 10.5 Å². The van der Waals surface area contributed by atoms with E-state index in [4.69, 9.17) is 0 Å². The summed E-state index contributed by atoms with van der Waals surface area (Å²) in [5.41, 5.74) is 0.274. The van der Waals surface area contributed by atoms with Gasteiger partial charge in [0.1, 0.15) is 5.82 Å². The smallest absolute Gasteiger partial charge is 0.295 e. The lowest BCUT2D eigenvalue weighted by Gasteiger charge is -2.48. The van der Waals surface area contributed by atoms with Crippen molar-refractivity contribution in [3.63, 3.8) is 0 Å². The number of anilines is 1. The van der Waals surface area contributed by atoms with E-state index in [1.165, 1.54) is 4.57 Å². The summed E-state index contributed by atoms with van der Waals surface area (Å²) >= 11 is 0. The lowest BCUT2D eigenvalue weighted by Crippen LogP contribution is -2.62. The molecule has 2 aliphatic rings. The molecule has 146 valence electrons. The fraction of sp³-hybridized carbons (Fsp3) is 0.474. The second-order valence-electron chi connectivity index (χ2n) is 7.58. The van der Waals surface area contributed by atoms with E-state index in [9.17, 15) is 4.79 Å². The third kappa shape index (κ3) is 3.06. The van der Waals surface area contributed by atoms with Gasteiger partial charge in [-0.15, -0.1) is 10.2 Å². The molecule has 3 aromatic heterocycles. The Bertz CT molecular complexity index is 1020. The molecule has 5 rings (SSSR count). The van der Waals surface area contributed by atoms with Crippen LogP contribution in [0.1, 0.15) is 5.82 Å². The van der Waals surface area contributed by atoms with Gasteiger partial charge in [-0.25, -0.2) is 4.98 Å². The topological polar surface area (TPSA) is 74.8 Å². The van der Waals surface area contributed by atoms with Gasteiger partial charge in [-0.2, -0.15) is 0 Å². The Balaban J connectivity index is 1.16. The molecule has 9 heteroatoms. The highest BCUT2D eigenvalue weighted by molar-refractivity contribution is 5.38. The number of rotatable bonds is 4. The molecule has 2 saturated heterocycles. The Labute approximate surface area is 162 Å². The Kier molecular flexibility index (Phi) is 4.33. The largest absolute Gasteiger partial charge is 0.354 e. The third-order valence-corrected chi connectivity index (χ3v) is 5.82. The van der Waals surface area contributed by atoms with Gasteiger partial charge in [-0.3, -0.25) is 19.0 Å². The first-order valence-electron chi connectivity index (χ1n) is 9.71. The van der Waals surface area contributed by atoms with Crippen LogP contribution in [0, 0.1) is 0 Å². The molecule has 9 nitrogen and oxygen atoms in total. The van der Waals surface area contributed by atoms with Crippen LogP contribution in [-0.4, -0.2) is 79.3 Å². The number of pyridine rings is 1. The van der Waals surface area contributed by atoms with Crippen LogP contribution in [0.2, 0.25) is 0 Å². The normalized spacial score (nSPS) is 19.2. The molecule has 2 fully saturated rings. The minimum Gasteiger partial charge on any atom is -0.354 e. The highest BCUT2D eigenvalue weighted by Gasteiger charge is 2.34. The second-order valence-corrected chi connectivity index (χ2v) is 7.58. The van der Waals surface area contributed by atoms with E-state index in [1.807, 2.05) is 24.5 Å². The van der Waals surface area contributed by atoms with Gasteiger partial charge in [-0.05, 0) is 12.1 Å². The quantitative estimate of drug-likeness (QED) is 0.622. The minimum atomic E-state index is -0.117. The van der Waals surface area contributed by atoms with Crippen LogP contribution in [0.15, 0.2) is 41.6 Å². The van der Waals surface area contributed by atoms with Crippen molar-refractivity contribution >= 4 is 11.5 Å². The van der Waals surface area contributed by atoms with Crippen LogP contribution in [0.3, 0.4) is 0 Å². The van der Waals surface area contributed by atoms with Crippen molar-refractivity contribution in [2.45, 2.75) is 12.6 Å². The molecule has 0 bridgehead atoms. The lowest BCUT2D eigenvalue weighted by atomic mass is 10.1. The van der Waals surface area contributed by atoms with Crippen LogP contribution >= 0.6 is 0 Å². The SMILES string of the molecule is Cn1ccn2c(CN3CC(N4CCN(c5ccccn5)CC4)C3)nnc2c1=O. The Hall–Kier alpha value is -2.78. The first-order chi connectivity index (χ1) is 13.7. The van der Waals surface area contributed by atoms with E-state index >= 15 is 0 Å². The van der Waals surface area contributed by atoms with Crippen molar-refractivity contribution in [3.05, 3.63) is 53.0 Å². The molecule has 0 amide bonds. The molecule has 0 spiro atoms. The highest BCUT2D eigenvalue weighted by Crippen LogP contribution is 2.20. The van der Waals surface area contributed by atoms with Gasteiger partial charge in [-0.1, -0.05) is 6.07 Å². The summed E-state index contributed by atoms with van der Waals surface area (Å²) in [5.74, 6) is 1.90. The van der Waals surface area contributed by atoms with Crippen molar-refractivity contribution in [1.82, 2.24) is 33.9 Å². The van der Waals surface area contributed by atoms with Gasteiger partial charge < -0.3 is 9.47 Å². The molecule has 0 N–H and O–H groups in total. The molecule has 2 aliphatic heterocycles. The Morgan fingerprint density at radius 1 is 1.07 bits per heavy atom. The molecule has 5 heterocycles. The number of aromatic nitrogens is 5. The summed E-state index contributed by atoms with van der Waals surface area (Å²) in [6, 6.07) is 6.68. The van der Waals surface area contributed by atoms with Gasteiger partial charge >= 0.3 is 0 Å². The summed E-state index contributed by atoms with van der Waals surface area (Å²) < 4.78 is 3.33. The van der Waals surface area contributed by atoms with Crippen molar-refractivity contribution in [3.8, 4) is 0 Å². The Morgan fingerprint density at radius 2 is 1.89 bits per heavy atom. The van der Waals surface area contributed by atoms with Gasteiger partial charge in [0.2, 0.25) is 5.65 Å². The van der Waals surface area contributed by atoms with Crippen molar-refractivity contribution in [1.29, 1.82) is 0 Å². The van der Waals surface area contributed by atoms with Crippen LogP contribution in [0.5, 0.6) is 0 Å². The predicted molar refractivity (Wildman–Crippen MR) is 105 cm³/mol. The van der Waals surface area contributed by atoms with E-state index in [0.717, 1.165) is 57.5 Å². The number of aryl methyl sites for hydroxylation is 1. The summed E-state index contributed by atoms with van der Waals surface area (Å²) in [5, 5.41) is 8.30. The van der Waals surface area contributed by atoms with E-state index in [-0.39, 0.29) is 5.56 Å². The highest BCUT2D eigenvalue weighted by atomic mass is 16.1. The monoisotopic (exact) mass is 380 g/mol. The average molecular weight is 380 g/mol. The summed E-state index contributed by atoms with van der Waals surface area (Å²) in [6.07, 6.45) is 5.47. The zero-order valence-corrected chi connectivity index (χ0v) is 16.0. The molecule has 0 aromatic carbocycles. The van der Waals surface area contributed by atoms with E-state index < -0.39 is 0 Å². The van der Waals surface area contributed by atoms with E-state index in [2.05, 4.69) is 35.9 Å². The fourth-order valence-corrected chi connectivity index (χ4v) is 4.09. The van der Waals surface area contributed by atoms with E-state index in [0.29, 0.717) is 11.7 Å². The summed E-state index contributed by atoms with van der Waals surface area (Å²) in [6.45, 7) is 6.96. The predicted octanol–water partition coefficient (Wildman–Crippen LogP) is -0.171. The number of nitrogens with zero attached hydrogens (tertiary/aromatic N) is 8. The molecule has 3 aromatic rings. The van der Waals surface area contributed by atoms with Gasteiger partial charge in [0.05, 0.1) is 6.54 Å². The zero-order chi connectivity index (χ0) is 19.1. The maximum absolute atomic E-state index is 12.1. The van der Waals surface area contributed by atoms with Crippen LogP contribution in [0.4, 0.5) is 5.82 Å². The number of piperazine rings is 1. The maximum Gasteiger partial charge on any atom is 0.295 e. The minimum absolute atomic E-state index is 0.117. The first-order valence-corrected chi connectivity index (χ1v) is 9.71. The molecule has 0 aliphatic carbocycles. The van der Waals surface area contributed by atoms with Crippen molar-refractivity contribution < 1.29 is 0 Å². The molecule has 28 heavy (non-hydrogen) atoms. The summed E-state index contributed by atoms with van der Waals surface area (Å²) in [4.78, 5) is 23.9.